The minimum absolute atomic E-state index is 0.519. The molecule has 2 heterocycles. The van der Waals surface area contributed by atoms with Gasteiger partial charge in [-0.25, -0.2) is 14.6 Å². The Balaban J connectivity index is 1.94. The summed E-state index contributed by atoms with van der Waals surface area (Å²) in [6.07, 6.45) is 7.71. The summed E-state index contributed by atoms with van der Waals surface area (Å²) in [5.41, 5.74) is 0.896. The number of rotatable bonds is 5. The molecular formula is C13H17ClN4. The second-order valence-corrected chi connectivity index (χ2v) is 5.32. The zero-order valence-corrected chi connectivity index (χ0v) is 11.3. The lowest BCUT2D eigenvalue weighted by Gasteiger charge is -2.04. The Hall–Kier alpha value is -1.16. The van der Waals surface area contributed by atoms with Crippen LogP contribution in [0.15, 0.2) is 6.20 Å². The molecule has 18 heavy (non-hydrogen) atoms. The molecule has 0 spiro atoms. The first-order valence-corrected chi connectivity index (χ1v) is 7.06. The summed E-state index contributed by atoms with van der Waals surface area (Å²) in [5.74, 6) is 1.41. The minimum atomic E-state index is 0.519. The molecule has 96 valence electrons. The molecule has 1 fully saturated rings. The first kappa shape index (κ1) is 11.9. The molecule has 4 nitrogen and oxygen atoms in total. The van der Waals surface area contributed by atoms with E-state index in [4.69, 9.17) is 11.6 Å². The summed E-state index contributed by atoms with van der Waals surface area (Å²) < 4.78 is 1.96. The van der Waals surface area contributed by atoms with E-state index in [1.165, 1.54) is 25.7 Å². The van der Waals surface area contributed by atoms with E-state index < -0.39 is 0 Å². The van der Waals surface area contributed by atoms with Gasteiger partial charge in [0.15, 0.2) is 5.65 Å². The number of hydrogen-bond donors (Lipinski definition) is 0. The molecule has 5 heteroatoms. The van der Waals surface area contributed by atoms with Gasteiger partial charge in [0.05, 0.1) is 11.6 Å². The zero-order valence-electron chi connectivity index (χ0n) is 10.6. The molecule has 1 aliphatic carbocycles. The van der Waals surface area contributed by atoms with Gasteiger partial charge in [0.1, 0.15) is 11.0 Å². The normalized spacial score (nSPS) is 15.4. The van der Waals surface area contributed by atoms with Gasteiger partial charge in [-0.15, -0.1) is 0 Å². The van der Waals surface area contributed by atoms with Crippen molar-refractivity contribution in [1.82, 2.24) is 19.7 Å². The molecule has 0 unspecified atom stereocenters. The molecule has 3 rings (SSSR count). The van der Waals surface area contributed by atoms with Crippen molar-refractivity contribution in [3.8, 4) is 0 Å². The molecule has 2 aromatic rings. The van der Waals surface area contributed by atoms with Gasteiger partial charge < -0.3 is 0 Å². The van der Waals surface area contributed by atoms with Crippen molar-refractivity contribution in [2.24, 2.45) is 0 Å². The monoisotopic (exact) mass is 264 g/mol. The number of hydrogen-bond acceptors (Lipinski definition) is 3. The Labute approximate surface area is 111 Å². The van der Waals surface area contributed by atoms with Gasteiger partial charge in [-0.2, -0.15) is 5.10 Å². The van der Waals surface area contributed by atoms with Crippen molar-refractivity contribution in [2.75, 3.05) is 0 Å². The van der Waals surface area contributed by atoms with Crippen LogP contribution in [0.4, 0.5) is 0 Å². The topological polar surface area (TPSA) is 43.6 Å². The molecule has 1 aliphatic rings. The smallest absolute Gasteiger partial charge is 0.163 e. The Kier molecular flexibility index (Phi) is 3.20. The second-order valence-electron chi connectivity index (χ2n) is 4.96. The summed E-state index contributed by atoms with van der Waals surface area (Å²) in [4.78, 5) is 9.02. The van der Waals surface area contributed by atoms with Gasteiger partial charge in [0.25, 0.3) is 0 Å². The number of aryl methyl sites for hydroxylation is 1. The number of fused-ring (bicyclic) bond motifs is 1. The third kappa shape index (κ3) is 2.21. The van der Waals surface area contributed by atoms with Gasteiger partial charge >= 0.3 is 0 Å². The SMILES string of the molecule is CCCCCn1ncc2c(Cl)nc(C3CC3)nc21. The van der Waals surface area contributed by atoms with E-state index in [-0.39, 0.29) is 0 Å². The molecule has 1 saturated carbocycles. The van der Waals surface area contributed by atoms with Gasteiger partial charge in [-0.3, -0.25) is 0 Å². The molecule has 0 amide bonds. The first-order valence-electron chi connectivity index (χ1n) is 6.68. The molecule has 0 aromatic carbocycles. The maximum atomic E-state index is 6.20. The van der Waals surface area contributed by atoms with Crippen molar-refractivity contribution in [1.29, 1.82) is 0 Å². The van der Waals surface area contributed by atoms with E-state index >= 15 is 0 Å². The predicted octanol–water partition coefficient (Wildman–Crippen LogP) is 3.55. The fourth-order valence-corrected chi connectivity index (χ4v) is 2.36. The lowest BCUT2D eigenvalue weighted by molar-refractivity contribution is 0.563. The van der Waals surface area contributed by atoms with Crippen molar-refractivity contribution in [3.63, 3.8) is 0 Å². The van der Waals surface area contributed by atoms with Crippen LogP contribution in [0.2, 0.25) is 5.15 Å². The van der Waals surface area contributed by atoms with Crippen LogP contribution in [-0.2, 0) is 6.54 Å². The highest BCUT2D eigenvalue weighted by Crippen LogP contribution is 2.39. The fraction of sp³-hybridized carbons (Fsp3) is 0.615. The van der Waals surface area contributed by atoms with Gasteiger partial charge in [0.2, 0.25) is 0 Å². The van der Waals surface area contributed by atoms with Crippen LogP contribution in [-0.4, -0.2) is 19.7 Å². The first-order chi connectivity index (χ1) is 8.79. The van der Waals surface area contributed by atoms with Crippen LogP contribution in [0.3, 0.4) is 0 Å². The highest BCUT2D eigenvalue weighted by atomic mass is 35.5. The number of aromatic nitrogens is 4. The van der Waals surface area contributed by atoms with Crippen LogP contribution in [0.1, 0.15) is 50.8 Å². The third-order valence-corrected chi connectivity index (χ3v) is 3.67. The highest BCUT2D eigenvalue weighted by molar-refractivity contribution is 6.33. The third-order valence-electron chi connectivity index (χ3n) is 3.38. The second kappa shape index (κ2) is 4.84. The Morgan fingerprint density at radius 1 is 1.33 bits per heavy atom. The van der Waals surface area contributed by atoms with Crippen molar-refractivity contribution in [2.45, 2.75) is 51.5 Å². The average Bonchev–Trinajstić information content (AvgIpc) is 3.13. The van der Waals surface area contributed by atoms with Crippen LogP contribution < -0.4 is 0 Å². The van der Waals surface area contributed by atoms with Gasteiger partial charge in [0, 0.05) is 12.5 Å². The summed E-state index contributed by atoms with van der Waals surface area (Å²) in [6.45, 7) is 3.11. The summed E-state index contributed by atoms with van der Waals surface area (Å²) in [5, 5.41) is 5.80. The Bertz CT molecular complexity index is 559. The van der Waals surface area contributed by atoms with E-state index in [1.54, 1.807) is 6.20 Å². The summed E-state index contributed by atoms with van der Waals surface area (Å²) >= 11 is 6.20. The van der Waals surface area contributed by atoms with E-state index in [1.807, 2.05) is 4.68 Å². The van der Waals surface area contributed by atoms with E-state index in [2.05, 4.69) is 22.0 Å². The quantitative estimate of drug-likeness (QED) is 0.613. The number of halogens is 1. The maximum absolute atomic E-state index is 6.20. The molecule has 0 radical (unpaired) electrons. The maximum Gasteiger partial charge on any atom is 0.163 e. The van der Waals surface area contributed by atoms with E-state index in [9.17, 15) is 0 Å². The van der Waals surface area contributed by atoms with Gasteiger partial charge in [-0.1, -0.05) is 31.4 Å². The molecule has 2 aromatic heterocycles. The van der Waals surface area contributed by atoms with E-state index in [0.717, 1.165) is 29.8 Å². The van der Waals surface area contributed by atoms with Crippen molar-refractivity contribution in [3.05, 3.63) is 17.2 Å². The molecule has 0 bridgehead atoms. The molecule has 0 N–H and O–H groups in total. The summed E-state index contributed by atoms with van der Waals surface area (Å²) in [6, 6.07) is 0. The number of nitrogens with zero attached hydrogens (tertiary/aromatic N) is 4. The van der Waals surface area contributed by atoms with Crippen LogP contribution in [0, 0.1) is 0 Å². The van der Waals surface area contributed by atoms with Crippen molar-refractivity contribution >= 4 is 22.6 Å². The standard InChI is InChI=1S/C13H17ClN4/c1-2-3-4-7-18-13-10(8-15-18)11(14)16-12(17-13)9-5-6-9/h8-9H,2-7H2,1H3. The molecule has 0 atom stereocenters. The largest absolute Gasteiger partial charge is 0.247 e. The van der Waals surface area contributed by atoms with Gasteiger partial charge in [-0.05, 0) is 19.3 Å². The lowest BCUT2D eigenvalue weighted by atomic mass is 10.2. The average molecular weight is 265 g/mol. The summed E-state index contributed by atoms with van der Waals surface area (Å²) in [7, 11) is 0. The molecule has 0 aliphatic heterocycles. The molecule has 0 saturated heterocycles. The Morgan fingerprint density at radius 3 is 2.89 bits per heavy atom. The van der Waals surface area contributed by atoms with Crippen LogP contribution in [0.5, 0.6) is 0 Å². The fourth-order valence-electron chi connectivity index (χ4n) is 2.14. The number of unbranched alkanes of at least 4 members (excludes halogenated alkanes) is 2. The molecular weight excluding hydrogens is 248 g/mol. The highest BCUT2D eigenvalue weighted by Gasteiger charge is 2.28. The van der Waals surface area contributed by atoms with Crippen molar-refractivity contribution < 1.29 is 0 Å². The lowest BCUT2D eigenvalue weighted by Crippen LogP contribution is -2.03. The van der Waals surface area contributed by atoms with Crippen LogP contribution in [0.25, 0.3) is 11.0 Å². The zero-order chi connectivity index (χ0) is 12.5. The van der Waals surface area contributed by atoms with Crippen LogP contribution >= 0.6 is 11.6 Å². The van der Waals surface area contributed by atoms with E-state index in [0.29, 0.717) is 11.1 Å². The predicted molar refractivity (Wildman–Crippen MR) is 71.8 cm³/mol. The Morgan fingerprint density at radius 2 is 2.17 bits per heavy atom. The minimum Gasteiger partial charge on any atom is -0.247 e.